The first kappa shape index (κ1) is 22.7. The number of nitrogens with one attached hydrogen (secondary N) is 3. The van der Waals surface area contributed by atoms with Crippen LogP contribution in [-0.4, -0.2) is 30.0 Å². The van der Waals surface area contributed by atoms with Crippen LogP contribution in [0.5, 0.6) is 0 Å². The van der Waals surface area contributed by atoms with Crippen molar-refractivity contribution in [2.45, 2.75) is 45.6 Å². The van der Waals surface area contributed by atoms with E-state index in [9.17, 15) is 14.4 Å². The standard InChI is InChI=1S/C22H27N3O5/c1-22(2,3)30-21(28)24-18(14-16-10-6-4-7-11-16)23-19(26)25-20(27)29-15-17-12-8-5-9-13-17/h4-13,18H,14-15H2,1-3H3,(H,24,28)(H2,23,25,26,27)/t18-/m0/s1. The van der Waals surface area contributed by atoms with Crippen molar-refractivity contribution >= 4 is 18.2 Å². The average molecular weight is 413 g/mol. The molecule has 2 rings (SSSR count). The summed E-state index contributed by atoms with van der Waals surface area (Å²) in [5, 5.41) is 7.23. The second-order valence-corrected chi connectivity index (χ2v) is 7.55. The summed E-state index contributed by atoms with van der Waals surface area (Å²) in [6.45, 7) is 5.24. The zero-order chi connectivity index (χ0) is 22.0. The van der Waals surface area contributed by atoms with Crippen LogP contribution in [-0.2, 0) is 22.5 Å². The van der Waals surface area contributed by atoms with Gasteiger partial charge in [-0.05, 0) is 31.9 Å². The number of amides is 4. The van der Waals surface area contributed by atoms with Gasteiger partial charge in [0.25, 0.3) is 0 Å². The van der Waals surface area contributed by atoms with Crippen molar-refractivity contribution in [3.8, 4) is 0 Å². The third-order valence-corrected chi connectivity index (χ3v) is 3.71. The number of alkyl carbamates (subject to hydrolysis) is 2. The topological polar surface area (TPSA) is 106 Å². The quantitative estimate of drug-likeness (QED) is 0.626. The van der Waals surface area contributed by atoms with Crippen molar-refractivity contribution in [3.05, 3.63) is 71.8 Å². The molecule has 0 bridgehead atoms. The Morgan fingerprint density at radius 3 is 1.97 bits per heavy atom. The lowest BCUT2D eigenvalue weighted by Crippen LogP contribution is -2.54. The molecule has 0 saturated heterocycles. The van der Waals surface area contributed by atoms with Crippen LogP contribution in [0.15, 0.2) is 60.7 Å². The van der Waals surface area contributed by atoms with E-state index in [2.05, 4.69) is 16.0 Å². The molecule has 4 amide bonds. The molecule has 8 nitrogen and oxygen atoms in total. The molecular weight excluding hydrogens is 386 g/mol. The van der Waals surface area contributed by atoms with E-state index < -0.39 is 30.0 Å². The van der Waals surface area contributed by atoms with Crippen LogP contribution in [0.2, 0.25) is 0 Å². The zero-order valence-electron chi connectivity index (χ0n) is 17.3. The maximum Gasteiger partial charge on any atom is 0.415 e. The minimum absolute atomic E-state index is 0.0313. The average Bonchev–Trinajstić information content (AvgIpc) is 2.66. The number of carbonyl (C=O) groups excluding carboxylic acids is 3. The van der Waals surface area contributed by atoms with Crippen LogP contribution in [0.3, 0.4) is 0 Å². The number of hydrogen-bond donors (Lipinski definition) is 3. The van der Waals surface area contributed by atoms with E-state index in [1.807, 2.05) is 48.5 Å². The molecule has 1 atom stereocenters. The first-order valence-corrected chi connectivity index (χ1v) is 9.53. The van der Waals surface area contributed by atoms with E-state index in [-0.39, 0.29) is 6.61 Å². The van der Waals surface area contributed by atoms with Gasteiger partial charge in [-0.1, -0.05) is 60.7 Å². The van der Waals surface area contributed by atoms with E-state index in [4.69, 9.17) is 9.47 Å². The van der Waals surface area contributed by atoms with Gasteiger partial charge in [0.2, 0.25) is 0 Å². The molecule has 30 heavy (non-hydrogen) atoms. The van der Waals surface area contributed by atoms with Gasteiger partial charge in [-0.3, -0.25) is 0 Å². The highest BCUT2D eigenvalue weighted by Crippen LogP contribution is 2.08. The maximum atomic E-state index is 12.2. The fraction of sp³-hybridized carbons (Fsp3) is 0.318. The Kier molecular flexibility index (Phi) is 8.22. The predicted octanol–water partition coefficient (Wildman–Crippen LogP) is 3.72. The zero-order valence-corrected chi connectivity index (χ0v) is 17.3. The second-order valence-electron chi connectivity index (χ2n) is 7.55. The molecule has 0 aliphatic carbocycles. The lowest BCUT2D eigenvalue weighted by atomic mass is 10.1. The number of urea groups is 1. The third-order valence-electron chi connectivity index (χ3n) is 3.71. The normalized spacial score (nSPS) is 11.7. The molecule has 0 saturated carbocycles. The number of ether oxygens (including phenoxy) is 2. The molecule has 0 radical (unpaired) electrons. The number of rotatable bonds is 6. The van der Waals surface area contributed by atoms with Gasteiger partial charge in [-0.15, -0.1) is 0 Å². The highest BCUT2D eigenvalue weighted by atomic mass is 16.6. The number of carbonyl (C=O) groups is 3. The molecule has 3 N–H and O–H groups in total. The number of imide groups is 1. The summed E-state index contributed by atoms with van der Waals surface area (Å²) in [4.78, 5) is 36.2. The van der Waals surface area contributed by atoms with Gasteiger partial charge in [0.05, 0.1) is 0 Å². The van der Waals surface area contributed by atoms with Gasteiger partial charge >= 0.3 is 18.2 Å². The van der Waals surface area contributed by atoms with Crippen LogP contribution in [0, 0.1) is 0 Å². The molecule has 0 aliphatic heterocycles. The highest BCUT2D eigenvalue weighted by Gasteiger charge is 2.21. The van der Waals surface area contributed by atoms with E-state index in [0.29, 0.717) is 6.42 Å². The summed E-state index contributed by atoms with van der Waals surface area (Å²) in [6.07, 6.45) is -2.08. The molecule has 0 fully saturated rings. The van der Waals surface area contributed by atoms with Gasteiger partial charge in [0.1, 0.15) is 18.4 Å². The van der Waals surface area contributed by atoms with Gasteiger partial charge in [0, 0.05) is 6.42 Å². The lowest BCUT2D eigenvalue weighted by Gasteiger charge is -2.24. The molecule has 0 aromatic heterocycles. The van der Waals surface area contributed by atoms with Gasteiger partial charge < -0.3 is 20.1 Å². The molecule has 2 aromatic rings. The Balaban J connectivity index is 1.91. The van der Waals surface area contributed by atoms with Crippen LogP contribution in [0.4, 0.5) is 14.4 Å². The van der Waals surface area contributed by atoms with Crippen molar-refractivity contribution in [2.24, 2.45) is 0 Å². The Morgan fingerprint density at radius 1 is 0.833 bits per heavy atom. The van der Waals surface area contributed by atoms with Crippen molar-refractivity contribution in [1.82, 2.24) is 16.0 Å². The van der Waals surface area contributed by atoms with Crippen molar-refractivity contribution in [3.63, 3.8) is 0 Å². The van der Waals surface area contributed by atoms with Gasteiger partial charge in [-0.2, -0.15) is 0 Å². The molecule has 8 heteroatoms. The third kappa shape index (κ3) is 9.09. The summed E-state index contributed by atoms with van der Waals surface area (Å²) in [5.74, 6) is 0. The molecule has 160 valence electrons. The molecular formula is C22H27N3O5. The van der Waals surface area contributed by atoms with E-state index in [1.54, 1.807) is 32.9 Å². The molecule has 0 spiro atoms. The Labute approximate surface area is 175 Å². The summed E-state index contributed by atoms with van der Waals surface area (Å²) in [7, 11) is 0. The minimum atomic E-state index is -0.896. The smallest absolute Gasteiger partial charge is 0.415 e. The highest BCUT2D eigenvalue weighted by molar-refractivity contribution is 5.90. The van der Waals surface area contributed by atoms with Crippen LogP contribution >= 0.6 is 0 Å². The first-order valence-electron chi connectivity index (χ1n) is 9.53. The molecule has 0 unspecified atom stereocenters. The SMILES string of the molecule is CC(C)(C)OC(=O)N[C@@H](Cc1ccccc1)NC(=O)NC(=O)OCc1ccccc1. The van der Waals surface area contributed by atoms with Crippen LogP contribution < -0.4 is 16.0 Å². The van der Waals surface area contributed by atoms with E-state index in [0.717, 1.165) is 11.1 Å². The van der Waals surface area contributed by atoms with Crippen LogP contribution in [0.25, 0.3) is 0 Å². The van der Waals surface area contributed by atoms with Crippen LogP contribution in [0.1, 0.15) is 31.9 Å². The molecule has 2 aromatic carbocycles. The predicted molar refractivity (Wildman–Crippen MR) is 112 cm³/mol. The fourth-order valence-electron chi connectivity index (χ4n) is 2.48. The summed E-state index contributed by atoms with van der Waals surface area (Å²) in [6, 6.07) is 17.6. The minimum Gasteiger partial charge on any atom is -0.444 e. The van der Waals surface area contributed by atoms with E-state index >= 15 is 0 Å². The van der Waals surface area contributed by atoms with Crippen molar-refractivity contribution < 1.29 is 23.9 Å². The van der Waals surface area contributed by atoms with Crippen molar-refractivity contribution in [1.29, 1.82) is 0 Å². The summed E-state index contributed by atoms with van der Waals surface area (Å²) in [5.41, 5.74) is 0.984. The summed E-state index contributed by atoms with van der Waals surface area (Å²) < 4.78 is 10.3. The van der Waals surface area contributed by atoms with Gasteiger partial charge in [-0.25, -0.2) is 19.7 Å². The monoisotopic (exact) mass is 413 g/mol. The number of hydrogen-bond acceptors (Lipinski definition) is 5. The Morgan fingerprint density at radius 2 is 1.40 bits per heavy atom. The Bertz CT molecular complexity index is 835. The first-order chi connectivity index (χ1) is 14.2. The van der Waals surface area contributed by atoms with E-state index in [1.165, 1.54) is 0 Å². The lowest BCUT2D eigenvalue weighted by molar-refractivity contribution is 0.0498. The largest absolute Gasteiger partial charge is 0.444 e. The molecule has 0 heterocycles. The fourth-order valence-corrected chi connectivity index (χ4v) is 2.48. The molecule has 0 aliphatic rings. The Hall–Kier alpha value is -3.55. The maximum absolute atomic E-state index is 12.2. The van der Waals surface area contributed by atoms with Gasteiger partial charge in [0.15, 0.2) is 0 Å². The number of benzene rings is 2. The van der Waals surface area contributed by atoms with Crippen molar-refractivity contribution in [2.75, 3.05) is 0 Å². The summed E-state index contributed by atoms with van der Waals surface area (Å²) >= 11 is 0. The second kappa shape index (κ2) is 10.8.